The van der Waals surface area contributed by atoms with Gasteiger partial charge in [0.25, 0.3) is 0 Å². The van der Waals surface area contributed by atoms with E-state index in [0.29, 0.717) is 10.0 Å². The average Bonchev–Trinajstić information content (AvgIpc) is 3.61. The van der Waals surface area contributed by atoms with Gasteiger partial charge in [0.2, 0.25) is 11.6 Å². The zero-order valence-electron chi connectivity index (χ0n) is 21.0. The fourth-order valence-electron chi connectivity index (χ4n) is 3.90. The highest BCUT2D eigenvalue weighted by atomic mass is 35.5. The highest BCUT2D eigenvalue weighted by Crippen LogP contribution is 2.43. The van der Waals surface area contributed by atoms with Gasteiger partial charge in [-0.2, -0.15) is 0 Å². The Labute approximate surface area is 236 Å². The molecule has 0 aliphatic carbocycles. The van der Waals surface area contributed by atoms with E-state index in [9.17, 15) is 9.59 Å². The molecule has 5 rings (SSSR count). The molecular formula is C30H26ClN2O2PS2. The van der Waals surface area contributed by atoms with Crippen LogP contribution >= 0.6 is 41.2 Å². The lowest BCUT2D eigenvalue weighted by atomic mass is 10.4. The Morgan fingerprint density at radius 2 is 1.11 bits per heavy atom. The summed E-state index contributed by atoms with van der Waals surface area (Å²) in [5.41, 5.74) is 0. The molecule has 0 aliphatic heterocycles. The quantitative estimate of drug-likeness (QED) is 0.130. The van der Waals surface area contributed by atoms with E-state index in [1.54, 1.807) is 12.4 Å². The van der Waals surface area contributed by atoms with Gasteiger partial charge in [-0.3, -0.25) is 9.59 Å². The number of hydrogen-bond acceptors (Lipinski definition) is 6. The summed E-state index contributed by atoms with van der Waals surface area (Å²) in [6.07, 6.45) is 3.43. The van der Waals surface area contributed by atoms with Crippen molar-refractivity contribution in [2.75, 3.05) is 5.88 Å². The molecule has 3 aromatic carbocycles. The second-order valence-corrected chi connectivity index (χ2v) is 14.3. The van der Waals surface area contributed by atoms with Crippen LogP contribution in [-0.2, 0) is 0 Å². The molecule has 0 atom stereocenters. The molecule has 0 bridgehead atoms. The van der Waals surface area contributed by atoms with Crippen LogP contribution in [0.25, 0.3) is 0 Å². The van der Waals surface area contributed by atoms with E-state index in [2.05, 4.69) is 46.4 Å². The summed E-state index contributed by atoms with van der Waals surface area (Å²) in [7, 11) is 0. The fourth-order valence-corrected chi connectivity index (χ4v) is 9.31. The third-order valence-corrected chi connectivity index (χ3v) is 11.7. The lowest BCUT2D eigenvalue weighted by Crippen LogP contribution is -2.28. The van der Waals surface area contributed by atoms with E-state index in [1.807, 2.05) is 74.2 Å². The predicted octanol–water partition coefficient (Wildman–Crippen LogP) is 6.30. The van der Waals surface area contributed by atoms with Crippen LogP contribution in [-0.4, -0.2) is 33.2 Å². The molecule has 0 aliphatic rings. The number of aryl methyl sites for hydroxylation is 2. The van der Waals surface area contributed by atoms with E-state index in [1.165, 1.54) is 22.7 Å². The van der Waals surface area contributed by atoms with Crippen molar-refractivity contribution in [1.82, 2.24) is 9.97 Å². The van der Waals surface area contributed by atoms with Crippen molar-refractivity contribution in [3.8, 4) is 0 Å². The van der Waals surface area contributed by atoms with Crippen LogP contribution < -0.4 is 15.9 Å². The summed E-state index contributed by atoms with van der Waals surface area (Å²) >= 11 is 8.14. The molecule has 0 radical (unpaired) electrons. The standard InChI is InChI=1S/C24H20NOPS.C6H6ClNOS/c1-19-17-25-24(28-19)23(26)18-27(20-11-5-2-6-12-20,21-13-7-3-8-14-21)22-15-9-4-10-16-22;1-4-3-8-6(10-4)5(9)2-7/h2-18H,1H3;3H,2H2,1H3. The third kappa shape index (κ3) is 6.46. The van der Waals surface area contributed by atoms with Gasteiger partial charge in [-0.1, -0.05) is 91.0 Å². The lowest BCUT2D eigenvalue weighted by molar-refractivity contribution is 0.101. The zero-order valence-corrected chi connectivity index (χ0v) is 24.2. The molecule has 0 saturated carbocycles. The minimum absolute atomic E-state index is 0.0111. The second-order valence-electron chi connectivity index (χ2n) is 8.33. The van der Waals surface area contributed by atoms with E-state index in [4.69, 9.17) is 11.6 Å². The number of carbonyl (C=O) groups excluding carboxylic acids is 2. The summed E-state index contributed by atoms with van der Waals surface area (Å²) < 4.78 is 0. The maximum atomic E-state index is 13.3. The van der Waals surface area contributed by atoms with Crippen molar-refractivity contribution >= 4 is 74.4 Å². The first-order chi connectivity index (χ1) is 18.4. The van der Waals surface area contributed by atoms with Crippen LogP contribution in [0.1, 0.15) is 29.4 Å². The van der Waals surface area contributed by atoms with Crippen molar-refractivity contribution in [3.05, 3.63) is 123 Å². The minimum Gasteiger partial charge on any atom is -0.290 e. The summed E-state index contributed by atoms with van der Waals surface area (Å²) in [5.74, 6) is 1.85. The number of thiazole rings is 2. The maximum Gasteiger partial charge on any atom is 0.215 e. The number of hydrogen-bond donors (Lipinski definition) is 0. The van der Waals surface area contributed by atoms with E-state index < -0.39 is 6.89 Å². The minimum atomic E-state index is -2.27. The second kappa shape index (κ2) is 13.1. The average molecular weight is 577 g/mol. The van der Waals surface area contributed by atoms with Crippen LogP contribution in [0.5, 0.6) is 0 Å². The van der Waals surface area contributed by atoms with Gasteiger partial charge >= 0.3 is 0 Å². The summed E-state index contributed by atoms with van der Waals surface area (Å²) in [6, 6.07) is 31.1. The maximum absolute atomic E-state index is 13.3. The first-order valence-corrected chi connectivity index (χ1v) is 15.9. The highest BCUT2D eigenvalue weighted by Gasteiger charge is 2.27. The molecule has 0 fully saturated rings. The van der Waals surface area contributed by atoms with Gasteiger partial charge in [-0.15, -0.1) is 34.3 Å². The number of carbonyl (C=O) groups is 2. The Hall–Kier alpha value is -3.15. The Kier molecular flexibility index (Phi) is 9.59. The number of alkyl halides is 1. The van der Waals surface area contributed by atoms with Gasteiger partial charge in [0.05, 0.1) is 5.88 Å². The van der Waals surface area contributed by atoms with Crippen LogP contribution in [0.2, 0.25) is 0 Å². The number of Topliss-reactive ketones (excluding diaryl/α,β-unsaturated/α-hetero) is 2. The Morgan fingerprint density at radius 1 is 0.711 bits per heavy atom. The number of nitrogens with zero attached hydrogens (tertiary/aromatic N) is 2. The van der Waals surface area contributed by atoms with Crippen LogP contribution in [0.15, 0.2) is 103 Å². The van der Waals surface area contributed by atoms with Gasteiger partial charge in [0.15, 0.2) is 10.0 Å². The third-order valence-electron chi connectivity index (χ3n) is 5.61. The van der Waals surface area contributed by atoms with Crippen LogP contribution in [0.4, 0.5) is 0 Å². The molecule has 0 unspecified atom stereocenters. The fraction of sp³-hybridized carbons (Fsp3) is 0.100. The van der Waals surface area contributed by atoms with Crippen molar-refractivity contribution in [2.24, 2.45) is 0 Å². The molecule has 0 spiro atoms. The van der Waals surface area contributed by atoms with Crippen molar-refractivity contribution < 1.29 is 9.59 Å². The number of benzene rings is 3. The Bertz CT molecular complexity index is 1460. The van der Waals surface area contributed by atoms with Crippen molar-refractivity contribution in [1.29, 1.82) is 0 Å². The van der Waals surface area contributed by atoms with Gasteiger partial charge in [0, 0.05) is 22.1 Å². The largest absolute Gasteiger partial charge is 0.290 e. The molecule has 38 heavy (non-hydrogen) atoms. The van der Waals surface area contributed by atoms with Crippen molar-refractivity contribution in [3.63, 3.8) is 0 Å². The number of halogens is 1. The first-order valence-electron chi connectivity index (χ1n) is 11.8. The van der Waals surface area contributed by atoms with Gasteiger partial charge in [-0.25, -0.2) is 9.97 Å². The molecule has 0 N–H and O–H groups in total. The number of ketones is 2. The molecular weight excluding hydrogens is 551 g/mol. The summed E-state index contributed by atoms with van der Waals surface area (Å²) in [6.45, 7) is 1.61. The van der Waals surface area contributed by atoms with Crippen LogP contribution in [0.3, 0.4) is 0 Å². The molecule has 5 aromatic rings. The van der Waals surface area contributed by atoms with Crippen LogP contribution in [0, 0.1) is 13.8 Å². The number of aromatic nitrogens is 2. The van der Waals surface area contributed by atoms with E-state index in [-0.39, 0.29) is 17.4 Å². The van der Waals surface area contributed by atoms with E-state index >= 15 is 0 Å². The van der Waals surface area contributed by atoms with Gasteiger partial charge < -0.3 is 0 Å². The van der Waals surface area contributed by atoms with Gasteiger partial charge in [-0.05, 0) is 42.4 Å². The topological polar surface area (TPSA) is 59.9 Å². The predicted molar refractivity (Wildman–Crippen MR) is 164 cm³/mol. The van der Waals surface area contributed by atoms with E-state index in [0.717, 1.165) is 25.7 Å². The molecule has 8 heteroatoms. The first kappa shape index (κ1) is 27.9. The monoisotopic (exact) mass is 576 g/mol. The normalized spacial score (nSPS) is 10.8. The SMILES string of the molecule is Cc1cnc(C(=O)C=P(c2ccccc2)(c2ccccc2)c2ccccc2)s1.Cc1cnc(C(=O)CCl)s1. The molecule has 2 heterocycles. The summed E-state index contributed by atoms with van der Waals surface area (Å²) in [5, 5.41) is 4.54. The smallest absolute Gasteiger partial charge is 0.215 e. The Morgan fingerprint density at radius 3 is 1.45 bits per heavy atom. The zero-order chi connectivity index (χ0) is 27.0. The Balaban J connectivity index is 0.000000283. The molecule has 192 valence electrons. The molecule has 2 aromatic heterocycles. The summed E-state index contributed by atoms with van der Waals surface area (Å²) in [4.78, 5) is 34.4. The molecule has 0 saturated heterocycles. The van der Waals surface area contributed by atoms with Gasteiger partial charge in [0.1, 0.15) is 0 Å². The highest BCUT2D eigenvalue weighted by molar-refractivity contribution is 7.95. The molecule has 0 amide bonds. The lowest BCUT2D eigenvalue weighted by Gasteiger charge is -2.28. The van der Waals surface area contributed by atoms with Crippen molar-refractivity contribution in [2.45, 2.75) is 13.8 Å². The number of rotatable bonds is 7. The molecule has 4 nitrogen and oxygen atoms in total.